The summed E-state index contributed by atoms with van der Waals surface area (Å²) in [5, 5.41) is 26.5. The minimum atomic E-state index is -0.851. The van der Waals surface area contributed by atoms with Gasteiger partial charge in [0, 0.05) is 133 Å². The van der Waals surface area contributed by atoms with E-state index in [0.717, 1.165) is 169 Å². The van der Waals surface area contributed by atoms with Gasteiger partial charge in [-0.15, -0.1) is 47.0 Å². The molecule has 2 heterocycles. The molecule has 8 aromatic rings. The molecule has 2 atom stereocenters. The van der Waals surface area contributed by atoms with Crippen molar-refractivity contribution in [2.75, 3.05) is 182 Å². The maximum atomic E-state index is 13.2. The number of hydrogen-bond acceptors (Lipinski definition) is 22. The second-order valence-corrected chi connectivity index (χ2v) is 35.0. The minimum absolute atomic E-state index is 0.0702. The molecule has 0 radical (unpaired) electrons. The Morgan fingerprint density at radius 1 is 0.244 bits per heavy atom. The number of rotatable bonds is 44. The first-order valence-electron chi connectivity index (χ1n) is 42.9. The Hall–Kier alpha value is -6.84. The summed E-state index contributed by atoms with van der Waals surface area (Å²) in [5.74, 6) is 9.65. The third-order valence-corrected chi connectivity index (χ3v) is 28.6. The van der Waals surface area contributed by atoms with Gasteiger partial charge in [-0.2, -0.15) is 0 Å². The number of ether oxygens (including phenoxy) is 16. The molecule has 22 heteroatoms. The van der Waals surface area contributed by atoms with E-state index in [-0.39, 0.29) is 14.6 Å². The smallest absolute Gasteiger partial charge is 0.126 e. The maximum Gasteiger partial charge on any atom is 0.126 e. The Morgan fingerprint density at radius 3 is 0.555 bits per heavy atom. The minimum Gasteiger partial charge on any atom is -0.491 e. The summed E-state index contributed by atoms with van der Waals surface area (Å²) in [7, 11) is 0. The standard InChI is InChI=1S/C97H124O18S4/c1-9-100-35-43-108-87-67-23-17-24-68(87)52-72-28-20-32-76(90(72)111-46-38-103-12-4)56-82-60-79(59-81(93(82)114-49-41-106-15-7)55-75-31-19-27-71(51-67)89(75)110-45-37-102-11-3)85(98)95-116-63-97(64-117-95)65-118-96(119-66-97)86(99)80-61-83-57-77-33-21-29-73(91(77)112-47-39-104-13-5)53-69-25-18-26-70(88(69)109-44-36-101-10-2)54-74-30-22-34-78(92(74)113-48-40-105-14-6)58-84(62-80)94(83)115-50-42-107-16-8/h17-34,59-62,85-86,95-96,98-99H,9-16,35-58,63-66H2,1-8H3. The number of aliphatic hydroxyl groups excluding tert-OH is 2. The molecular weight excluding hydrogens is 1580 g/mol. The summed E-state index contributed by atoms with van der Waals surface area (Å²) >= 11 is 7.37. The van der Waals surface area contributed by atoms with E-state index in [4.69, 9.17) is 75.8 Å². The fourth-order valence-electron chi connectivity index (χ4n) is 15.9. The number of para-hydroxylation sites is 6. The third kappa shape index (κ3) is 25.2. The van der Waals surface area contributed by atoms with E-state index < -0.39 is 12.2 Å². The molecule has 0 aromatic heterocycles. The molecule has 2 unspecified atom stereocenters. The first kappa shape index (κ1) is 91.4. The molecule has 2 N–H and O–H groups in total. The Balaban J connectivity index is 0.868. The number of aliphatic hydroxyl groups is 2. The topological polar surface area (TPSA) is 188 Å². The highest BCUT2D eigenvalue weighted by molar-refractivity contribution is 8.19. The normalized spacial score (nSPS) is 17.0. The monoisotopic (exact) mass is 1700 g/mol. The van der Waals surface area contributed by atoms with Crippen LogP contribution >= 0.6 is 47.0 Å². The number of benzene rings is 8. The average Bonchev–Trinajstić information content (AvgIpc) is 0.776. The third-order valence-electron chi connectivity index (χ3n) is 21.5. The molecule has 0 amide bonds. The summed E-state index contributed by atoms with van der Waals surface area (Å²) in [5.41, 5.74) is 17.4. The Kier molecular flexibility index (Phi) is 37.1. The predicted molar refractivity (Wildman–Crippen MR) is 480 cm³/mol. The van der Waals surface area contributed by atoms with Gasteiger partial charge >= 0.3 is 0 Å². The van der Waals surface area contributed by atoms with Crippen LogP contribution in [0.15, 0.2) is 133 Å². The van der Waals surface area contributed by atoms with Crippen molar-refractivity contribution in [1.29, 1.82) is 0 Å². The van der Waals surface area contributed by atoms with Gasteiger partial charge in [-0.1, -0.05) is 109 Å². The lowest BCUT2D eigenvalue weighted by atomic mass is 9.90. The van der Waals surface area contributed by atoms with Gasteiger partial charge in [0.25, 0.3) is 0 Å². The van der Waals surface area contributed by atoms with Crippen molar-refractivity contribution in [2.24, 2.45) is 5.41 Å². The molecule has 119 heavy (non-hydrogen) atoms. The van der Waals surface area contributed by atoms with Crippen LogP contribution in [0.1, 0.15) is 168 Å². The molecule has 18 nitrogen and oxygen atoms in total. The van der Waals surface area contributed by atoms with E-state index in [2.05, 4.69) is 133 Å². The molecule has 644 valence electrons. The average molecular weight is 1710 g/mol. The van der Waals surface area contributed by atoms with Gasteiger partial charge in [-0.25, -0.2) is 0 Å². The van der Waals surface area contributed by atoms with Gasteiger partial charge in [0.15, 0.2) is 0 Å². The van der Waals surface area contributed by atoms with Crippen LogP contribution in [0.4, 0.5) is 0 Å². The van der Waals surface area contributed by atoms with Gasteiger partial charge in [0.05, 0.1) is 74.2 Å². The van der Waals surface area contributed by atoms with Crippen LogP contribution in [-0.2, 0) is 89.3 Å². The number of fused-ring (bicyclic) bond motifs is 16. The van der Waals surface area contributed by atoms with Crippen molar-refractivity contribution in [3.63, 3.8) is 0 Å². The second kappa shape index (κ2) is 48.3. The van der Waals surface area contributed by atoms with Gasteiger partial charge < -0.3 is 86.0 Å². The first-order valence-corrected chi connectivity index (χ1v) is 47.1. The summed E-state index contributed by atoms with van der Waals surface area (Å²) in [4.78, 5) is 0. The number of thioether (sulfide) groups is 4. The Morgan fingerprint density at radius 2 is 0.395 bits per heavy atom. The molecule has 16 bridgehead atoms. The zero-order chi connectivity index (χ0) is 83.0. The highest BCUT2D eigenvalue weighted by atomic mass is 32.2. The van der Waals surface area contributed by atoms with Gasteiger partial charge in [-0.3, -0.25) is 0 Å². The van der Waals surface area contributed by atoms with Crippen LogP contribution in [0.5, 0.6) is 46.0 Å². The lowest BCUT2D eigenvalue weighted by Crippen LogP contribution is -2.42. The molecule has 2 saturated heterocycles. The van der Waals surface area contributed by atoms with Crippen molar-refractivity contribution in [3.05, 3.63) is 234 Å². The highest BCUT2D eigenvalue weighted by Crippen LogP contribution is 2.55. The molecule has 12 rings (SSSR count). The van der Waals surface area contributed by atoms with Crippen LogP contribution < -0.4 is 37.9 Å². The zero-order valence-corrected chi connectivity index (χ0v) is 74.3. The lowest BCUT2D eigenvalue weighted by Gasteiger charge is -2.45. The Labute approximate surface area is 723 Å². The maximum absolute atomic E-state index is 13.2. The highest BCUT2D eigenvalue weighted by Gasteiger charge is 2.44. The van der Waals surface area contributed by atoms with E-state index in [1.54, 1.807) is 0 Å². The molecule has 0 saturated carbocycles. The van der Waals surface area contributed by atoms with Crippen molar-refractivity contribution >= 4 is 47.0 Å². The van der Waals surface area contributed by atoms with E-state index >= 15 is 0 Å². The fraction of sp³-hybridized carbons (Fsp3) is 0.505. The van der Waals surface area contributed by atoms with Gasteiger partial charge in [0.1, 0.15) is 98.9 Å². The van der Waals surface area contributed by atoms with Gasteiger partial charge in [0.2, 0.25) is 0 Å². The summed E-state index contributed by atoms with van der Waals surface area (Å²) in [6, 6.07) is 47.2. The van der Waals surface area contributed by atoms with Crippen LogP contribution in [0.2, 0.25) is 0 Å². The summed E-state index contributed by atoms with van der Waals surface area (Å²) < 4.78 is 102. The quantitative estimate of drug-likeness (QED) is 0.0343. The largest absolute Gasteiger partial charge is 0.491 e. The van der Waals surface area contributed by atoms with Crippen LogP contribution in [0, 0.1) is 5.41 Å². The van der Waals surface area contributed by atoms with E-state index in [9.17, 15) is 10.2 Å². The zero-order valence-electron chi connectivity index (χ0n) is 71.0. The number of hydrogen-bond donors (Lipinski definition) is 2. The van der Waals surface area contributed by atoms with Crippen molar-refractivity contribution in [1.82, 2.24) is 0 Å². The molecule has 4 aliphatic rings. The fourth-order valence-corrected chi connectivity index (χ4v) is 22.9. The Bertz CT molecular complexity index is 3950. The van der Waals surface area contributed by atoms with Gasteiger partial charge in [-0.05, 0) is 180 Å². The van der Waals surface area contributed by atoms with Crippen LogP contribution in [0.25, 0.3) is 0 Å². The lowest BCUT2D eigenvalue weighted by molar-refractivity contribution is 0.108. The molecule has 2 fully saturated rings. The van der Waals surface area contributed by atoms with Crippen molar-refractivity contribution in [2.45, 2.75) is 128 Å². The van der Waals surface area contributed by atoms with E-state index in [1.165, 1.54) is 0 Å². The van der Waals surface area contributed by atoms with Crippen molar-refractivity contribution < 1.29 is 86.0 Å². The van der Waals surface area contributed by atoms with E-state index in [1.807, 2.05) is 102 Å². The SMILES string of the molecule is CCOCCOc1c2cccc1Cc1cccc(c1OCCOCC)Cc1cc(C(O)C3SCC4(CS3)CSC(C(O)c3cc5c(OCCOCC)c(c3)Cc3cccc(c3OCCOCC)Cc3cccc(c3OCCOCC)Cc3cccc(c3OCCOCC)C5)SC4)cc(c1OCCOCC)Cc1cccc(c1OCCOCC)C2. The second-order valence-electron chi connectivity index (χ2n) is 29.9. The molecule has 2 aliphatic heterocycles. The first-order chi connectivity index (χ1) is 58.5. The molecule has 2 aliphatic carbocycles. The van der Waals surface area contributed by atoms with E-state index in [0.29, 0.717) is 210 Å². The summed E-state index contributed by atoms with van der Waals surface area (Å²) in [6.45, 7) is 26.9. The molecule has 1 spiro atoms. The van der Waals surface area contributed by atoms with Crippen molar-refractivity contribution in [3.8, 4) is 46.0 Å². The summed E-state index contributed by atoms with van der Waals surface area (Å²) in [6.07, 6.45) is 2.20. The van der Waals surface area contributed by atoms with Crippen LogP contribution in [0.3, 0.4) is 0 Å². The predicted octanol–water partition coefficient (Wildman–Crippen LogP) is 17.7. The molecular formula is C97H124O18S4. The van der Waals surface area contributed by atoms with Crippen LogP contribution in [-0.4, -0.2) is 201 Å². The molecule has 8 aromatic carbocycles.